The molecule has 2 aromatic carbocycles. The van der Waals surface area contributed by atoms with Crippen molar-refractivity contribution in [2.45, 2.75) is 54.2 Å². The Morgan fingerprint density at radius 2 is 1.88 bits per heavy atom. The number of aliphatic hydroxyl groups is 2. The van der Waals surface area contributed by atoms with Crippen molar-refractivity contribution in [3.63, 3.8) is 0 Å². The monoisotopic (exact) mass is 477 g/mol. The molecule has 0 radical (unpaired) electrons. The van der Waals surface area contributed by atoms with Crippen LogP contribution in [0.5, 0.6) is 0 Å². The summed E-state index contributed by atoms with van der Waals surface area (Å²) in [5.74, 6) is -0.493. The quantitative estimate of drug-likeness (QED) is 0.591. The Hall–Kier alpha value is -1.84. The van der Waals surface area contributed by atoms with Gasteiger partial charge in [0.2, 0.25) is 0 Å². The third-order valence-corrected chi connectivity index (χ3v) is 10.1. The summed E-state index contributed by atoms with van der Waals surface area (Å²) in [7, 11) is -3.56. The van der Waals surface area contributed by atoms with Gasteiger partial charge in [0.05, 0.1) is 23.2 Å². The van der Waals surface area contributed by atoms with E-state index in [-0.39, 0.29) is 12.5 Å². The topological polar surface area (TPSA) is 95.9 Å². The van der Waals surface area contributed by atoms with Crippen LogP contribution in [-0.4, -0.2) is 62.4 Å². The minimum atomic E-state index is -3.56. The van der Waals surface area contributed by atoms with Crippen LogP contribution < -0.4 is 5.32 Å². The van der Waals surface area contributed by atoms with Crippen molar-refractivity contribution in [3.8, 4) is 0 Å². The average molecular weight is 478 g/mol. The van der Waals surface area contributed by atoms with E-state index in [4.69, 9.17) is 4.74 Å². The predicted molar refractivity (Wildman–Crippen MR) is 124 cm³/mol. The maximum absolute atomic E-state index is 15.3. The SMILES string of the molecule is C[C@@H]1NC[C@@H](c2ccccc2)S(=O)(=O)C1Cc1ccc(C2([C@H](O)CO)CCOCC2)cc1F. The van der Waals surface area contributed by atoms with Crippen LogP contribution in [0.3, 0.4) is 0 Å². The molecule has 3 N–H and O–H groups in total. The molecule has 0 bridgehead atoms. The molecule has 33 heavy (non-hydrogen) atoms. The van der Waals surface area contributed by atoms with Gasteiger partial charge in [-0.15, -0.1) is 0 Å². The van der Waals surface area contributed by atoms with Gasteiger partial charge in [0.25, 0.3) is 0 Å². The average Bonchev–Trinajstić information content (AvgIpc) is 2.82. The molecule has 6 nitrogen and oxygen atoms in total. The number of rotatable bonds is 6. The second-order valence-corrected chi connectivity index (χ2v) is 11.6. The van der Waals surface area contributed by atoms with Gasteiger partial charge in [-0.3, -0.25) is 0 Å². The zero-order valence-electron chi connectivity index (χ0n) is 18.8. The van der Waals surface area contributed by atoms with Gasteiger partial charge < -0.3 is 20.3 Å². The molecule has 2 aromatic rings. The number of hydrogen-bond acceptors (Lipinski definition) is 6. The summed E-state index contributed by atoms with van der Waals surface area (Å²) in [4.78, 5) is 0. The van der Waals surface area contributed by atoms with Crippen molar-refractivity contribution in [2.24, 2.45) is 0 Å². The summed E-state index contributed by atoms with van der Waals surface area (Å²) in [6.07, 6.45) is -0.0137. The minimum Gasteiger partial charge on any atom is -0.394 e. The van der Waals surface area contributed by atoms with Gasteiger partial charge in [-0.25, -0.2) is 12.8 Å². The largest absolute Gasteiger partial charge is 0.394 e. The normalized spacial score (nSPS) is 27.7. The van der Waals surface area contributed by atoms with Gasteiger partial charge in [-0.05, 0) is 48.9 Å². The van der Waals surface area contributed by atoms with Crippen molar-refractivity contribution < 1.29 is 27.8 Å². The van der Waals surface area contributed by atoms with Crippen LogP contribution in [0.2, 0.25) is 0 Å². The molecule has 1 unspecified atom stereocenters. The maximum Gasteiger partial charge on any atom is 0.163 e. The number of halogens is 1. The predicted octanol–water partition coefficient (Wildman–Crippen LogP) is 2.29. The molecule has 2 saturated heterocycles. The Balaban J connectivity index is 1.62. The Morgan fingerprint density at radius 3 is 2.52 bits per heavy atom. The van der Waals surface area contributed by atoms with Gasteiger partial charge in [-0.1, -0.05) is 42.5 Å². The van der Waals surface area contributed by atoms with E-state index in [0.717, 1.165) is 5.56 Å². The number of benzene rings is 2. The number of ether oxygens (including phenoxy) is 1. The molecule has 0 saturated carbocycles. The Kier molecular flexibility index (Phi) is 7.21. The fourth-order valence-corrected chi connectivity index (χ4v) is 7.63. The fraction of sp³-hybridized carbons (Fsp3) is 0.520. The van der Waals surface area contributed by atoms with Crippen molar-refractivity contribution in [1.82, 2.24) is 5.32 Å². The first kappa shape index (κ1) is 24.3. The van der Waals surface area contributed by atoms with E-state index in [0.29, 0.717) is 43.7 Å². The molecule has 2 aliphatic heterocycles. The van der Waals surface area contributed by atoms with Crippen molar-refractivity contribution in [3.05, 3.63) is 71.0 Å². The van der Waals surface area contributed by atoms with E-state index in [2.05, 4.69) is 5.32 Å². The molecule has 2 heterocycles. The fourth-order valence-electron chi connectivity index (χ4n) is 5.27. The Labute approximate surface area is 194 Å². The first-order valence-electron chi connectivity index (χ1n) is 11.5. The Morgan fingerprint density at radius 1 is 1.18 bits per heavy atom. The number of hydrogen-bond donors (Lipinski definition) is 3. The molecular formula is C25H32FNO5S. The highest BCUT2D eigenvalue weighted by Crippen LogP contribution is 2.39. The van der Waals surface area contributed by atoms with E-state index in [1.54, 1.807) is 12.1 Å². The van der Waals surface area contributed by atoms with Crippen LogP contribution in [0.4, 0.5) is 4.39 Å². The first-order chi connectivity index (χ1) is 15.8. The lowest BCUT2D eigenvalue weighted by Crippen LogP contribution is -2.53. The molecule has 0 spiro atoms. The van der Waals surface area contributed by atoms with Crippen LogP contribution in [0, 0.1) is 5.82 Å². The first-order valence-corrected chi connectivity index (χ1v) is 13.1. The highest BCUT2D eigenvalue weighted by atomic mass is 32.2. The zero-order valence-corrected chi connectivity index (χ0v) is 19.6. The van der Waals surface area contributed by atoms with E-state index < -0.39 is 44.3 Å². The van der Waals surface area contributed by atoms with Crippen LogP contribution in [0.25, 0.3) is 0 Å². The summed E-state index contributed by atoms with van der Waals surface area (Å²) in [5.41, 5.74) is 0.886. The van der Waals surface area contributed by atoms with Gasteiger partial charge in [0.1, 0.15) is 5.82 Å². The van der Waals surface area contributed by atoms with Crippen LogP contribution in [-0.2, 0) is 26.4 Å². The van der Waals surface area contributed by atoms with Crippen LogP contribution in [0.15, 0.2) is 48.5 Å². The van der Waals surface area contributed by atoms with Gasteiger partial charge in [0.15, 0.2) is 9.84 Å². The minimum absolute atomic E-state index is 0.0601. The standard InChI is InChI=1S/C25H32FNO5S/c1-17-22(33(30,31)23(15-27-17)18-5-3-2-4-6-18)13-19-7-8-20(14-21(19)26)25(24(29)16-28)9-11-32-12-10-25/h2-8,14,17,22-24,27-29H,9-13,15-16H2,1H3/t17-,22?,23-,24+/m0/s1. The third-order valence-electron chi connectivity index (χ3n) is 7.42. The molecule has 2 aliphatic rings. The maximum atomic E-state index is 15.3. The van der Waals surface area contributed by atoms with Crippen LogP contribution in [0.1, 0.15) is 41.7 Å². The number of sulfone groups is 1. The van der Waals surface area contributed by atoms with Gasteiger partial charge in [0, 0.05) is 31.2 Å². The van der Waals surface area contributed by atoms with Crippen molar-refractivity contribution >= 4 is 9.84 Å². The van der Waals surface area contributed by atoms with E-state index in [1.807, 2.05) is 37.3 Å². The Bertz CT molecular complexity index is 1060. The second-order valence-electron chi connectivity index (χ2n) is 9.20. The van der Waals surface area contributed by atoms with Crippen molar-refractivity contribution in [1.29, 1.82) is 0 Å². The van der Waals surface area contributed by atoms with E-state index in [9.17, 15) is 18.6 Å². The molecule has 2 fully saturated rings. The highest BCUT2D eigenvalue weighted by molar-refractivity contribution is 7.92. The van der Waals surface area contributed by atoms with Crippen molar-refractivity contribution in [2.75, 3.05) is 26.4 Å². The van der Waals surface area contributed by atoms with Gasteiger partial charge in [-0.2, -0.15) is 0 Å². The summed E-state index contributed by atoms with van der Waals surface area (Å²) in [5, 5.41) is 22.0. The molecule has 0 aliphatic carbocycles. The van der Waals surface area contributed by atoms with E-state index >= 15 is 4.39 Å². The lowest BCUT2D eigenvalue weighted by Gasteiger charge is -2.41. The summed E-state index contributed by atoms with van der Waals surface area (Å²) in [6, 6.07) is 13.6. The highest BCUT2D eigenvalue weighted by Gasteiger charge is 2.44. The van der Waals surface area contributed by atoms with Gasteiger partial charge >= 0.3 is 0 Å². The lowest BCUT2D eigenvalue weighted by atomic mass is 9.70. The van der Waals surface area contributed by atoms with E-state index in [1.165, 1.54) is 6.07 Å². The molecule has 4 atom stereocenters. The summed E-state index contributed by atoms with van der Waals surface area (Å²) in [6.45, 7) is 2.57. The molecule has 8 heteroatoms. The molecule has 0 aromatic heterocycles. The smallest absolute Gasteiger partial charge is 0.163 e. The zero-order chi connectivity index (χ0) is 23.6. The summed E-state index contributed by atoms with van der Waals surface area (Å²) >= 11 is 0. The molecular weight excluding hydrogens is 445 g/mol. The second kappa shape index (κ2) is 9.80. The lowest BCUT2D eigenvalue weighted by molar-refractivity contribution is -0.0371. The third kappa shape index (κ3) is 4.59. The van der Waals surface area contributed by atoms with Crippen LogP contribution >= 0.6 is 0 Å². The molecule has 0 amide bonds. The molecule has 4 rings (SSSR count). The molecule has 180 valence electrons. The summed E-state index contributed by atoms with van der Waals surface area (Å²) < 4.78 is 47.7. The number of aliphatic hydroxyl groups excluding tert-OH is 2. The number of nitrogens with one attached hydrogen (secondary N) is 1.